The Labute approximate surface area is 136 Å². The molecule has 0 saturated carbocycles. The van der Waals surface area contributed by atoms with Crippen molar-refractivity contribution in [3.8, 4) is 17.0 Å². The van der Waals surface area contributed by atoms with Gasteiger partial charge in [-0.25, -0.2) is 14.1 Å². The third-order valence-electron chi connectivity index (χ3n) is 3.43. The molecule has 0 aliphatic rings. The Morgan fingerprint density at radius 1 is 1.17 bits per heavy atom. The van der Waals surface area contributed by atoms with Crippen molar-refractivity contribution in [3.63, 3.8) is 0 Å². The molecule has 0 bridgehead atoms. The van der Waals surface area contributed by atoms with Crippen LogP contribution in [0.3, 0.4) is 0 Å². The predicted octanol–water partition coefficient (Wildman–Crippen LogP) is 4.37. The van der Waals surface area contributed by atoms with E-state index in [0.29, 0.717) is 27.3 Å². The molecule has 24 heavy (non-hydrogen) atoms. The number of ether oxygens (including phenoxy) is 1. The Bertz CT molecular complexity index is 849. The monoisotopic (exact) mass is 333 g/mol. The van der Waals surface area contributed by atoms with E-state index in [-0.39, 0.29) is 6.61 Å². The zero-order chi connectivity index (χ0) is 17.1. The summed E-state index contributed by atoms with van der Waals surface area (Å²) in [5.74, 6) is -0.0679. The summed E-state index contributed by atoms with van der Waals surface area (Å²) >= 11 is 0. The summed E-state index contributed by atoms with van der Waals surface area (Å²) in [5.41, 5.74) is 2.04. The van der Waals surface area contributed by atoms with E-state index in [1.54, 1.807) is 24.3 Å². The second-order valence-corrected chi connectivity index (χ2v) is 5.20. The summed E-state index contributed by atoms with van der Waals surface area (Å²) in [5, 5.41) is 3.54. The summed E-state index contributed by atoms with van der Waals surface area (Å²) in [6, 6.07) is 9.80. The first-order valence-corrected chi connectivity index (χ1v) is 7.20. The summed E-state index contributed by atoms with van der Waals surface area (Å²) < 4.78 is 45.3. The minimum Gasteiger partial charge on any atom is -0.473 e. The number of rotatable bonds is 5. The molecule has 7 heteroatoms. The van der Waals surface area contributed by atoms with Gasteiger partial charge >= 0.3 is 6.55 Å². The lowest BCUT2D eigenvalue weighted by Crippen LogP contribution is -2.00. The number of alkyl halides is 2. The van der Waals surface area contributed by atoms with Crippen LogP contribution < -0.4 is 4.74 Å². The first-order chi connectivity index (χ1) is 11.5. The van der Waals surface area contributed by atoms with Gasteiger partial charge in [0.2, 0.25) is 5.88 Å². The van der Waals surface area contributed by atoms with Crippen molar-refractivity contribution in [1.82, 2.24) is 14.8 Å². The Hall–Kier alpha value is -2.83. The Kier molecular flexibility index (Phi) is 4.50. The van der Waals surface area contributed by atoms with Gasteiger partial charge in [0.1, 0.15) is 12.4 Å². The second-order valence-electron chi connectivity index (χ2n) is 5.20. The van der Waals surface area contributed by atoms with Crippen molar-refractivity contribution in [2.24, 2.45) is 0 Å². The Morgan fingerprint density at radius 2 is 2.00 bits per heavy atom. The molecule has 0 aliphatic heterocycles. The number of hydrogen-bond acceptors (Lipinski definition) is 3. The van der Waals surface area contributed by atoms with Crippen molar-refractivity contribution in [3.05, 3.63) is 65.9 Å². The third kappa shape index (κ3) is 3.56. The SMILES string of the molecule is Cc1cccc(OCc2ccc(-c3cnn(C(F)F)c3)cc2F)n1. The molecule has 3 rings (SSSR count). The highest BCUT2D eigenvalue weighted by molar-refractivity contribution is 5.62. The van der Waals surface area contributed by atoms with Crippen LogP contribution in [-0.4, -0.2) is 14.8 Å². The molecule has 0 fully saturated rings. The summed E-state index contributed by atoms with van der Waals surface area (Å²) in [6.45, 7) is -0.862. The van der Waals surface area contributed by atoms with Gasteiger partial charge in [-0.15, -0.1) is 0 Å². The van der Waals surface area contributed by atoms with Crippen molar-refractivity contribution < 1.29 is 17.9 Å². The molecule has 0 spiro atoms. The van der Waals surface area contributed by atoms with Crippen LogP contribution in [0.5, 0.6) is 5.88 Å². The molecule has 3 aromatic rings. The lowest BCUT2D eigenvalue weighted by Gasteiger charge is -2.08. The first kappa shape index (κ1) is 16.0. The van der Waals surface area contributed by atoms with Gasteiger partial charge in [-0.2, -0.15) is 13.9 Å². The molecule has 2 heterocycles. The van der Waals surface area contributed by atoms with E-state index >= 15 is 0 Å². The van der Waals surface area contributed by atoms with E-state index in [1.165, 1.54) is 18.5 Å². The van der Waals surface area contributed by atoms with Gasteiger partial charge in [0.15, 0.2) is 0 Å². The molecule has 4 nitrogen and oxygen atoms in total. The molecule has 0 N–H and O–H groups in total. The highest BCUT2D eigenvalue weighted by Crippen LogP contribution is 2.23. The number of hydrogen-bond donors (Lipinski definition) is 0. The van der Waals surface area contributed by atoms with Gasteiger partial charge in [-0.05, 0) is 24.6 Å². The maximum absolute atomic E-state index is 14.2. The van der Waals surface area contributed by atoms with Crippen LogP contribution in [0.15, 0.2) is 48.8 Å². The molecule has 124 valence electrons. The average molecular weight is 333 g/mol. The van der Waals surface area contributed by atoms with Gasteiger partial charge in [-0.1, -0.05) is 18.2 Å². The van der Waals surface area contributed by atoms with Crippen molar-refractivity contribution in [2.45, 2.75) is 20.1 Å². The van der Waals surface area contributed by atoms with Gasteiger partial charge in [-0.3, -0.25) is 0 Å². The van der Waals surface area contributed by atoms with Gasteiger partial charge in [0.25, 0.3) is 0 Å². The number of pyridine rings is 1. The molecule has 0 unspecified atom stereocenters. The fourth-order valence-electron chi connectivity index (χ4n) is 2.19. The molecular formula is C17H14F3N3O. The van der Waals surface area contributed by atoms with E-state index < -0.39 is 12.4 Å². The maximum Gasteiger partial charge on any atom is 0.333 e. The number of aryl methyl sites for hydroxylation is 1. The molecule has 2 aromatic heterocycles. The fraction of sp³-hybridized carbons (Fsp3) is 0.176. The Balaban J connectivity index is 1.74. The van der Waals surface area contributed by atoms with E-state index in [4.69, 9.17) is 4.74 Å². The number of aromatic nitrogens is 3. The molecule has 0 radical (unpaired) electrons. The molecule has 0 atom stereocenters. The van der Waals surface area contributed by atoms with Gasteiger partial charge < -0.3 is 4.74 Å². The quantitative estimate of drug-likeness (QED) is 0.696. The van der Waals surface area contributed by atoms with Crippen molar-refractivity contribution in [1.29, 1.82) is 0 Å². The lowest BCUT2D eigenvalue weighted by atomic mass is 10.1. The third-order valence-corrected chi connectivity index (χ3v) is 3.43. The lowest BCUT2D eigenvalue weighted by molar-refractivity contribution is 0.0566. The number of benzene rings is 1. The zero-order valence-electron chi connectivity index (χ0n) is 12.8. The Morgan fingerprint density at radius 3 is 2.67 bits per heavy atom. The van der Waals surface area contributed by atoms with E-state index in [9.17, 15) is 13.2 Å². The van der Waals surface area contributed by atoms with Gasteiger partial charge in [0, 0.05) is 29.1 Å². The highest BCUT2D eigenvalue weighted by Gasteiger charge is 2.11. The van der Waals surface area contributed by atoms with Crippen LogP contribution in [0.25, 0.3) is 11.1 Å². The maximum atomic E-state index is 14.2. The average Bonchev–Trinajstić information content (AvgIpc) is 3.04. The fourth-order valence-corrected chi connectivity index (χ4v) is 2.19. The van der Waals surface area contributed by atoms with Crippen LogP contribution >= 0.6 is 0 Å². The van der Waals surface area contributed by atoms with E-state index in [1.807, 2.05) is 13.0 Å². The minimum atomic E-state index is -2.72. The summed E-state index contributed by atoms with van der Waals surface area (Å²) in [6.07, 6.45) is 2.44. The van der Waals surface area contributed by atoms with E-state index in [2.05, 4.69) is 10.1 Å². The molecule has 0 aliphatic carbocycles. The summed E-state index contributed by atoms with van der Waals surface area (Å²) in [4.78, 5) is 4.18. The van der Waals surface area contributed by atoms with Crippen molar-refractivity contribution >= 4 is 0 Å². The van der Waals surface area contributed by atoms with E-state index in [0.717, 1.165) is 5.69 Å². The largest absolute Gasteiger partial charge is 0.473 e. The smallest absolute Gasteiger partial charge is 0.333 e. The van der Waals surface area contributed by atoms with Crippen LogP contribution in [0.1, 0.15) is 17.8 Å². The molecule has 0 amide bonds. The van der Waals surface area contributed by atoms with Crippen LogP contribution in [-0.2, 0) is 6.61 Å². The van der Waals surface area contributed by atoms with Crippen LogP contribution in [0, 0.1) is 12.7 Å². The second kappa shape index (κ2) is 6.74. The first-order valence-electron chi connectivity index (χ1n) is 7.20. The topological polar surface area (TPSA) is 39.9 Å². The summed E-state index contributed by atoms with van der Waals surface area (Å²) in [7, 11) is 0. The normalized spacial score (nSPS) is 11.0. The van der Waals surface area contributed by atoms with Crippen LogP contribution in [0.2, 0.25) is 0 Å². The molecular weight excluding hydrogens is 319 g/mol. The zero-order valence-corrected chi connectivity index (χ0v) is 12.8. The number of halogens is 3. The number of nitrogens with zero attached hydrogens (tertiary/aromatic N) is 3. The molecule has 1 aromatic carbocycles. The van der Waals surface area contributed by atoms with Crippen molar-refractivity contribution in [2.75, 3.05) is 0 Å². The standard InChI is InChI=1S/C17H14F3N3O/c1-11-3-2-4-16(22-11)24-10-13-6-5-12(7-15(13)18)14-8-21-23(9-14)17(19)20/h2-9,17H,10H2,1H3. The van der Waals surface area contributed by atoms with Crippen LogP contribution in [0.4, 0.5) is 13.2 Å². The highest BCUT2D eigenvalue weighted by atomic mass is 19.3. The predicted molar refractivity (Wildman–Crippen MR) is 82.2 cm³/mol. The minimum absolute atomic E-state index is 0.0266. The molecule has 0 saturated heterocycles. The van der Waals surface area contributed by atoms with Gasteiger partial charge in [0.05, 0.1) is 6.20 Å².